The second-order valence-electron chi connectivity index (χ2n) is 3.23. The van der Waals surface area contributed by atoms with Crippen molar-refractivity contribution in [2.24, 2.45) is 0 Å². The lowest BCUT2D eigenvalue weighted by atomic mass is 9.94. The molecule has 1 aromatic rings. The van der Waals surface area contributed by atoms with Crippen LogP contribution in [0.3, 0.4) is 0 Å². The average Bonchev–Trinajstić information content (AvgIpc) is 2.14. The van der Waals surface area contributed by atoms with E-state index >= 15 is 0 Å². The van der Waals surface area contributed by atoms with Gasteiger partial charge in [0.25, 0.3) is 0 Å². The van der Waals surface area contributed by atoms with Gasteiger partial charge in [-0.05, 0) is 24.0 Å². The highest BCUT2D eigenvalue weighted by molar-refractivity contribution is 5.14. The van der Waals surface area contributed by atoms with Crippen LogP contribution in [0, 0.1) is 0 Å². The number of alkyl halides is 2. The smallest absolute Gasteiger partial charge is 0.264 e. The molecule has 1 atom stereocenters. The summed E-state index contributed by atoms with van der Waals surface area (Å²) in [7, 11) is 0. The monoisotopic (exact) mass is 200 g/mol. The van der Waals surface area contributed by atoms with Crippen LogP contribution in [0.1, 0.15) is 31.2 Å². The van der Waals surface area contributed by atoms with Crippen LogP contribution in [0.5, 0.6) is 0 Å². The fourth-order valence-electron chi connectivity index (χ4n) is 1.40. The van der Waals surface area contributed by atoms with Gasteiger partial charge in [0.1, 0.15) is 0 Å². The van der Waals surface area contributed by atoms with Gasteiger partial charge in [-0.1, -0.05) is 13.0 Å². The summed E-state index contributed by atoms with van der Waals surface area (Å²) in [5.41, 5.74) is 0.700. The van der Waals surface area contributed by atoms with Crippen molar-refractivity contribution >= 4 is 0 Å². The Labute approximate surface area is 81.6 Å². The van der Waals surface area contributed by atoms with Crippen LogP contribution in [0.25, 0.3) is 0 Å². The molecule has 0 aromatic carbocycles. The van der Waals surface area contributed by atoms with Crippen molar-refractivity contribution in [3.05, 3.63) is 30.1 Å². The molecule has 0 saturated carbocycles. The maximum atomic E-state index is 12.3. The fourth-order valence-corrected chi connectivity index (χ4v) is 1.40. The van der Waals surface area contributed by atoms with E-state index in [0.29, 0.717) is 12.0 Å². The van der Waals surface area contributed by atoms with Crippen LogP contribution in [-0.2, 0) is 5.11 Å². The number of hydrogen-bond acceptors (Lipinski definition) is 1. The summed E-state index contributed by atoms with van der Waals surface area (Å²) >= 11 is 0. The zero-order chi connectivity index (χ0) is 10.6. The van der Waals surface area contributed by atoms with Gasteiger partial charge in [0.2, 0.25) is 0 Å². The summed E-state index contributed by atoms with van der Waals surface area (Å²) in [6.07, 6.45) is -0.888. The van der Waals surface area contributed by atoms with Gasteiger partial charge in [-0.2, -0.15) is 13.9 Å². The number of pyridine rings is 1. The molecule has 0 aliphatic rings. The Morgan fingerprint density at radius 3 is 2.71 bits per heavy atom. The molecule has 14 heavy (non-hydrogen) atoms. The Bertz CT molecular complexity index is 271. The molecule has 0 spiro atoms. The van der Waals surface area contributed by atoms with Crippen LogP contribution in [-0.4, -0.2) is 11.1 Å². The Balaban J connectivity index is 2.73. The van der Waals surface area contributed by atoms with Gasteiger partial charge in [0.05, 0.1) is 0 Å². The maximum absolute atomic E-state index is 12.3. The normalized spacial score (nSPS) is 14.0. The molecule has 77 valence electrons. The van der Waals surface area contributed by atoms with Crippen molar-refractivity contribution in [3.63, 3.8) is 0 Å². The first-order valence-electron chi connectivity index (χ1n) is 4.51. The highest BCUT2D eigenvalue weighted by atomic mass is 19.3. The van der Waals surface area contributed by atoms with Crippen LogP contribution in [0.4, 0.5) is 8.78 Å². The lowest BCUT2D eigenvalue weighted by Crippen LogP contribution is -2.17. The van der Waals surface area contributed by atoms with Crippen LogP contribution in [0.15, 0.2) is 24.5 Å². The van der Waals surface area contributed by atoms with Crippen molar-refractivity contribution in [3.8, 4) is 0 Å². The van der Waals surface area contributed by atoms with E-state index in [0.717, 1.165) is 0 Å². The zero-order valence-electron chi connectivity index (χ0n) is 7.91. The molecular formula is C10H12F2NO. The van der Waals surface area contributed by atoms with Gasteiger partial charge in [-0.15, -0.1) is 0 Å². The quantitative estimate of drug-likeness (QED) is 0.735. The van der Waals surface area contributed by atoms with E-state index < -0.39 is 18.4 Å². The topological polar surface area (TPSA) is 32.8 Å². The highest BCUT2D eigenvalue weighted by Gasteiger charge is 2.31. The van der Waals surface area contributed by atoms with Gasteiger partial charge in [-0.3, -0.25) is 4.98 Å². The molecule has 1 heterocycles. The van der Waals surface area contributed by atoms with E-state index in [1.165, 1.54) is 6.20 Å². The van der Waals surface area contributed by atoms with Gasteiger partial charge in [-0.25, -0.2) is 0 Å². The fraction of sp³-hybridized carbons (Fsp3) is 0.500. The average molecular weight is 200 g/mol. The van der Waals surface area contributed by atoms with Crippen molar-refractivity contribution in [2.75, 3.05) is 0 Å². The standard InChI is InChI=1S/C10H12F2NO/c1-2-8(6-10(11,12)14)9-4-3-5-13-7-9/h3-5,7-8H,2,6H2,1H3. The second kappa shape index (κ2) is 4.46. The molecule has 2 nitrogen and oxygen atoms in total. The molecular weight excluding hydrogens is 188 g/mol. The SMILES string of the molecule is CCC(CC([O])(F)F)c1cccnc1. The first-order valence-corrected chi connectivity index (χ1v) is 4.51. The first kappa shape index (κ1) is 11.0. The predicted octanol–water partition coefficient (Wildman–Crippen LogP) is 2.99. The lowest BCUT2D eigenvalue weighted by Gasteiger charge is -2.16. The summed E-state index contributed by atoms with van der Waals surface area (Å²) in [5.74, 6) is -0.406. The molecule has 4 heteroatoms. The number of rotatable bonds is 4. The summed E-state index contributed by atoms with van der Waals surface area (Å²) in [5, 5.41) is 10.3. The minimum atomic E-state index is -3.85. The van der Waals surface area contributed by atoms with Gasteiger partial charge < -0.3 is 0 Å². The molecule has 0 saturated heterocycles. The predicted molar refractivity (Wildman–Crippen MR) is 47.5 cm³/mol. The van der Waals surface area contributed by atoms with Crippen molar-refractivity contribution in [1.29, 1.82) is 0 Å². The van der Waals surface area contributed by atoms with Crippen molar-refractivity contribution < 1.29 is 13.9 Å². The Kier molecular flexibility index (Phi) is 3.52. The van der Waals surface area contributed by atoms with E-state index in [1.807, 2.05) is 0 Å². The van der Waals surface area contributed by atoms with Crippen molar-refractivity contribution in [2.45, 2.75) is 31.8 Å². The van der Waals surface area contributed by atoms with Gasteiger partial charge in [0.15, 0.2) is 0 Å². The third-order valence-electron chi connectivity index (χ3n) is 2.13. The third-order valence-corrected chi connectivity index (χ3v) is 2.13. The molecule has 1 unspecified atom stereocenters. The minimum Gasteiger partial charge on any atom is -0.264 e. The maximum Gasteiger partial charge on any atom is 0.382 e. The van der Waals surface area contributed by atoms with E-state index in [2.05, 4.69) is 4.98 Å². The number of halogens is 2. The number of aromatic nitrogens is 1. The molecule has 1 radical (unpaired) electrons. The first-order chi connectivity index (χ1) is 6.53. The molecule has 0 aliphatic heterocycles. The molecule has 0 fully saturated rings. The van der Waals surface area contributed by atoms with E-state index in [-0.39, 0.29) is 0 Å². The minimum absolute atomic E-state index is 0.406. The van der Waals surface area contributed by atoms with Gasteiger partial charge in [0, 0.05) is 18.8 Å². The second-order valence-corrected chi connectivity index (χ2v) is 3.23. The number of hydrogen-bond donors (Lipinski definition) is 0. The van der Waals surface area contributed by atoms with E-state index in [4.69, 9.17) is 0 Å². The lowest BCUT2D eigenvalue weighted by molar-refractivity contribution is -0.248. The van der Waals surface area contributed by atoms with Crippen molar-refractivity contribution in [1.82, 2.24) is 4.98 Å². The van der Waals surface area contributed by atoms with Crippen LogP contribution in [0.2, 0.25) is 0 Å². The highest BCUT2D eigenvalue weighted by Crippen LogP contribution is 2.30. The van der Waals surface area contributed by atoms with Crippen LogP contribution < -0.4 is 0 Å². The van der Waals surface area contributed by atoms with Gasteiger partial charge >= 0.3 is 6.11 Å². The summed E-state index contributed by atoms with van der Waals surface area (Å²) in [6, 6.07) is 3.40. The molecule has 0 aliphatic carbocycles. The molecule has 0 amide bonds. The Morgan fingerprint density at radius 2 is 2.29 bits per heavy atom. The largest absolute Gasteiger partial charge is 0.382 e. The summed E-state index contributed by atoms with van der Waals surface area (Å²) in [6.45, 7) is 1.78. The van der Waals surface area contributed by atoms with E-state index in [9.17, 15) is 13.9 Å². The number of nitrogens with zero attached hydrogens (tertiary/aromatic N) is 1. The van der Waals surface area contributed by atoms with Crippen LogP contribution >= 0.6 is 0 Å². The molecule has 1 rings (SSSR count). The molecule has 0 bridgehead atoms. The molecule has 1 aromatic heterocycles. The summed E-state index contributed by atoms with van der Waals surface area (Å²) < 4.78 is 24.5. The molecule has 0 N–H and O–H groups in total. The Morgan fingerprint density at radius 1 is 1.57 bits per heavy atom. The zero-order valence-corrected chi connectivity index (χ0v) is 7.91. The Hall–Kier alpha value is -1.03. The summed E-state index contributed by atoms with van der Waals surface area (Å²) in [4.78, 5) is 3.84. The van der Waals surface area contributed by atoms with E-state index in [1.54, 1.807) is 25.3 Å². The third kappa shape index (κ3) is 3.38.